The third-order valence-electron chi connectivity index (χ3n) is 3.23. The standard InChI is InChI=1S/C12H15IN2O2.C5H10O2/c1-17-12(16)9-2-3-11(10(13)8-9)15-6-4-14-5-7-15;1-5(2,3)7-4-6/h2-3,8,14H,4-7H2,1H3;4H,1-3H3. The second-order valence-electron chi connectivity index (χ2n) is 6.22. The van der Waals surface area contributed by atoms with Gasteiger partial charge in [-0.1, -0.05) is 0 Å². The molecule has 0 aromatic heterocycles. The molecule has 1 aromatic rings. The number of carbonyl (C=O) groups excluding carboxylic acids is 2. The van der Waals surface area contributed by atoms with Crippen LogP contribution in [0.5, 0.6) is 0 Å². The number of anilines is 1. The zero-order valence-corrected chi connectivity index (χ0v) is 16.8. The summed E-state index contributed by atoms with van der Waals surface area (Å²) in [7, 11) is 1.40. The van der Waals surface area contributed by atoms with Gasteiger partial charge in [0.05, 0.1) is 18.4 Å². The molecule has 0 aliphatic carbocycles. The van der Waals surface area contributed by atoms with E-state index in [1.807, 2.05) is 39.0 Å². The Bertz CT molecular complexity index is 552. The number of carbonyl (C=O) groups is 2. The van der Waals surface area contributed by atoms with E-state index < -0.39 is 0 Å². The summed E-state index contributed by atoms with van der Waals surface area (Å²) in [5.41, 5.74) is 1.48. The summed E-state index contributed by atoms with van der Waals surface area (Å²) < 4.78 is 10.3. The second kappa shape index (κ2) is 9.83. The molecule has 0 amide bonds. The van der Waals surface area contributed by atoms with Crippen LogP contribution in [0.15, 0.2) is 18.2 Å². The maximum atomic E-state index is 11.4. The van der Waals surface area contributed by atoms with Gasteiger partial charge in [-0.15, -0.1) is 0 Å². The minimum atomic E-state index is -0.318. The number of nitrogens with one attached hydrogen (secondary N) is 1. The van der Waals surface area contributed by atoms with Gasteiger partial charge in [-0.2, -0.15) is 0 Å². The zero-order chi connectivity index (χ0) is 18.2. The van der Waals surface area contributed by atoms with Crippen LogP contribution in [0.2, 0.25) is 0 Å². The Hall–Kier alpha value is -1.35. The monoisotopic (exact) mass is 448 g/mol. The van der Waals surface area contributed by atoms with Crippen LogP contribution >= 0.6 is 22.6 Å². The Balaban J connectivity index is 0.000000351. The van der Waals surface area contributed by atoms with Gasteiger partial charge in [-0.05, 0) is 61.6 Å². The number of nitrogens with zero attached hydrogens (tertiary/aromatic N) is 1. The Morgan fingerprint density at radius 2 is 1.92 bits per heavy atom. The van der Waals surface area contributed by atoms with E-state index in [-0.39, 0.29) is 11.6 Å². The molecule has 1 aliphatic rings. The molecule has 134 valence electrons. The number of hydrogen-bond acceptors (Lipinski definition) is 6. The van der Waals surface area contributed by atoms with Crippen LogP contribution in [0.3, 0.4) is 0 Å². The molecule has 7 heteroatoms. The third kappa shape index (κ3) is 7.04. The second-order valence-corrected chi connectivity index (χ2v) is 7.38. The summed E-state index contributed by atoms with van der Waals surface area (Å²) in [5, 5.41) is 3.32. The first-order valence-corrected chi connectivity index (χ1v) is 8.81. The molecular weight excluding hydrogens is 423 g/mol. The highest BCUT2D eigenvalue weighted by Gasteiger charge is 2.15. The van der Waals surface area contributed by atoms with E-state index in [1.54, 1.807) is 0 Å². The summed E-state index contributed by atoms with van der Waals surface area (Å²) >= 11 is 2.27. The number of esters is 1. The fraction of sp³-hybridized carbons (Fsp3) is 0.529. The number of halogens is 1. The van der Waals surface area contributed by atoms with Crippen molar-refractivity contribution in [2.24, 2.45) is 0 Å². The van der Waals surface area contributed by atoms with Gasteiger partial charge in [-0.25, -0.2) is 4.79 Å². The zero-order valence-electron chi connectivity index (χ0n) is 14.6. The first-order valence-electron chi connectivity index (χ1n) is 7.73. The van der Waals surface area contributed by atoms with E-state index in [1.165, 1.54) is 12.8 Å². The average molecular weight is 448 g/mol. The Morgan fingerprint density at radius 3 is 2.33 bits per heavy atom. The van der Waals surface area contributed by atoms with E-state index >= 15 is 0 Å². The van der Waals surface area contributed by atoms with Crippen molar-refractivity contribution < 1.29 is 19.1 Å². The number of ether oxygens (including phenoxy) is 2. The number of hydrogen-bond donors (Lipinski definition) is 1. The molecule has 1 aliphatic heterocycles. The van der Waals surface area contributed by atoms with Crippen molar-refractivity contribution in [3.8, 4) is 0 Å². The molecule has 24 heavy (non-hydrogen) atoms. The molecule has 1 fully saturated rings. The smallest absolute Gasteiger partial charge is 0.337 e. The molecule has 1 heterocycles. The van der Waals surface area contributed by atoms with E-state index in [9.17, 15) is 9.59 Å². The highest BCUT2D eigenvalue weighted by molar-refractivity contribution is 14.1. The predicted molar refractivity (Wildman–Crippen MR) is 102 cm³/mol. The molecule has 1 aromatic carbocycles. The quantitative estimate of drug-likeness (QED) is 0.436. The maximum absolute atomic E-state index is 11.4. The fourth-order valence-corrected chi connectivity index (χ4v) is 2.91. The lowest BCUT2D eigenvalue weighted by Crippen LogP contribution is -2.43. The van der Waals surface area contributed by atoms with Gasteiger partial charge in [0.1, 0.15) is 5.60 Å². The van der Waals surface area contributed by atoms with Gasteiger partial charge in [0.2, 0.25) is 0 Å². The Labute approximate surface area is 157 Å². The SMILES string of the molecule is CC(C)(C)OC=O.COC(=O)c1ccc(N2CCNCC2)c(I)c1. The first kappa shape index (κ1) is 20.7. The normalized spacial score (nSPS) is 14.3. The Kier molecular flexibility index (Phi) is 8.47. The van der Waals surface area contributed by atoms with Gasteiger partial charge in [-0.3, -0.25) is 4.79 Å². The van der Waals surface area contributed by atoms with Gasteiger partial charge >= 0.3 is 5.97 Å². The molecule has 0 spiro atoms. The largest absolute Gasteiger partial charge is 0.465 e. The van der Waals surface area contributed by atoms with Gasteiger partial charge in [0.25, 0.3) is 6.47 Å². The van der Waals surface area contributed by atoms with Crippen LogP contribution in [0.4, 0.5) is 5.69 Å². The summed E-state index contributed by atoms with van der Waals surface area (Å²) in [4.78, 5) is 23.3. The highest BCUT2D eigenvalue weighted by Crippen LogP contribution is 2.24. The molecule has 2 rings (SSSR count). The van der Waals surface area contributed by atoms with Crippen molar-refractivity contribution >= 4 is 40.7 Å². The molecule has 1 saturated heterocycles. The topological polar surface area (TPSA) is 67.9 Å². The number of methoxy groups -OCH3 is 1. The van der Waals surface area contributed by atoms with Gasteiger partial charge < -0.3 is 19.7 Å². The van der Waals surface area contributed by atoms with Crippen LogP contribution < -0.4 is 10.2 Å². The van der Waals surface area contributed by atoms with Crippen molar-refractivity contribution in [3.05, 3.63) is 27.3 Å². The number of benzene rings is 1. The predicted octanol–water partition coefficient (Wildman–Crippen LogP) is 2.45. The van der Waals surface area contributed by atoms with Crippen molar-refractivity contribution in [1.29, 1.82) is 0 Å². The van der Waals surface area contributed by atoms with Gasteiger partial charge in [0.15, 0.2) is 0 Å². The van der Waals surface area contributed by atoms with Gasteiger partial charge in [0, 0.05) is 29.7 Å². The van der Waals surface area contributed by atoms with E-state index in [0.717, 1.165) is 29.7 Å². The lowest BCUT2D eigenvalue weighted by molar-refractivity contribution is -0.138. The number of rotatable bonds is 3. The molecule has 0 radical (unpaired) electrons. The first-order chi connectivity index (χ1) is 11.3. The van der Waals surface area contributed by atoms with Crippen LogP contribution in [0, 0.1) is 3.57 Å². The summed E-state index contributed by atoms with van der Waals surface area (Å²) in [6, 6.07) is 5.70. The molecule has 6 nitrogen and oxygen atoms in total. The summed E-state index contributed by atoms with van der Waals surface area (Å²) in [6.45, 7) is 9.95. The van der Waals surface area contributed by atoms with Crippen molar-refractivity contribution in [2.45, 2.75) is 26.4 Å². The van der Waals surface area contributed by atoms with Crippen LogP contribution in [0.25, 0.3) is 0 Å². The molecule has 0 atom stereocenters. The summed E-state index contributed by atoms with van der Waals surface area (Å²) in [5.74, 6) is -0.283. The van der Waals surface area contributed by atoms with Crippen LogP contribution in [0.1, 0.15) is 31.1 Å². The highest BCUT2D eigenvalue weighted by atomic mass is 127. The van der Waals surface area contributed by atoms with Crippen LogP contribution in [-0.4, -0.2) is 51.3 Å². The molecule has 0 bridgehead atoms. The van der Waals surface area contributed by atoms with Crippen LogP contribution in [-0.2, 0) is 14.3 Å². The number of piperazine rings is 1. The minimum absolute atomic E-state index is 0.283. The lowest BCUT2D eigenvalue weighted by atomic mass is 10.2. The van der Waals surface area contributed by atoms with E-state index in [4.69, 9.17) is 4.74 Å². The average Bonchev–Trinajstić information content (AvgIpc) is 2.54. The van der Waals surface area contributed by atoms with E-state index in [2.05, 4.69) is 37.5 Å². The molecule has 1 N–H and O–H groups in total. The molecular formula is C17H25IN2O4. The van der Waals surface area contributed by atoms with Crippen molar-refractivity contribution in [1.82, 2.24) is 5.32 Å². The maximum Gasteiger partial charge on any atom is 0.337 e. The van der Waals surface area contributed by atoms with Crippen molar-refractivity contribution in [3.63, 3.8) is 0 Å². The lowest BCUT2D eigenvalue weighted by Gasteiger charge is -2.30. The Morgan fingerprint density at radius 1 is 1.29 bits per heavy atom. The van der Waals surface area contributed by atoms with E-state index in [0.29, 0.717) is 12.0 Å². The molecule has 0 saturated carbocycles. The fourth-order valence-electron chi connectivity index (χ4n) is 2.06. The molecule has 0 unspecified atom stereocenters. The third-order valence-corrected chi connectivity index (χ3v) is 4.09. The minimum Gasteiger partial charge on any atom is -0.465 e. The summed E-state index contributed by atoms with van der Waals surface area (Å²) in [6.07, 6.45) is 0. The van der Waals surface area contributed by atoms with Crippen molar-refractivity contribution in [2.75, 3.05) is 38.2 Å².